The van der Waals surface area contributed by atoms with Gasteiger partial charge in [-0.3, -0.25) is 4.79 Å². The third-order valence-corrected chi connectivity index (χ3v) is 4.82. The number of methoxy groups -OCH3 is 1. The monoisotopic (exact) mass is 395 g/mol. The summed E-state index contributed by atoms with van der Waals surface area (Å²) in [5, 5.41) is 6.78. The highest BCUT2D eigenvalue weighted by Gasteiger charge is 2.13. The fourth-order valence-corrected chi connectivity index (χ4v) is 2.96. The minimum Gasteiger partial charge on any atom is -0.495 e. The van der Waals surface area contributed by atoms with E-state index in [-0.39, 0.29) is 11.9 Å². The molecular weight excluding hydrogens is 374 g/mol. The number of anilines is 2. The Morgan fingerprint density at radius 1 is 1.14 bits per heavy atom. The first-order valence-corrected chi connectivity index (χ1v) is 9.28. The Hall–Kier alpha value is -3.05. The second-order valence-electron chi connectivity index (χ2n) is 6.46. The normalized spacial score (nSPS) is 11.6. The van der Waals surface area contributed by atoms with Crippen molar-refractivity contribution in [1.29, 1.82) is 0 Å². The van der Waals surface area contributed by atoms with Gasteiger partial charge in [-0.05, 0) is 43.2 Å². The van der Waals surface area contributed by atoms with E-state index >= 15 is 0 Å². The number of ether oxygens (including phenoxy) is 1. The van der Waals surface area contributed by atoms with E-state index in [4.69, 9.17) is 16.3 Å². The molecule has 6 heteroatoms. The third-order valence-electron chi connectivity index (χ3n) is 4.41. The minimum absolute atomic E-state index is 0.129. The number of benzene rings is 2. The van der Waals surface area contributed by atoms with Crippen LogP contribution in [-0.4, -0.2) is 18.0 Å². The van der Waals surface area contributed by atoms with E-state index in [1.165, 1.54) is 12.7 Å². The van der Waals surface area contributed by atoms with E-state index in [0.29, 0.717) is 22.2 Å². The Kier molecular flexibility index (Phi) is 6.16. The number of hydrogen-bond acceptors (Lipinski definition) is 4. The zero-order chi connectivity index (χ0) is 20.1. The van der Waals surface area contributed by atoms with Crippen LogP contribution in [0.15, 0.2) is 60.8 Å². The Morgan fingerprint density at radius 3 is 2.54 bits per heavy atom. The van der Waals surface area contributed by atoms with Gasteiger partial charge in [0.2, 0.25) is 0 Å². The van der Waals surface area contributed by atoms with Crippen LogP contribution in [0, 0.1) is 6.92 Å². The molecule has 2 aromatic carbocycles. The van der Waals surface area contributed by atoms with Crippen LogP contribution in [0.2, 0.25) is 5.02 Å². The highest BCUT2D eigenvalue weighted by Crippen LogP contribution is 2.31. The molecule has 1 aromatic heterocycles. The number of hydrogen-bond donors (Lipinski definition) is 2. The molecule has 1 amide bonds. The van der Waals surface area contributed by atoms with E-state index in [1.54, 1.807) is 24.4 Å². The fraction of sp³-hybridized carbons (Fsp3) is 0.182. The molecule has 2 N–H and O–H groups in total. The Labute approximate surface area is 169 Å². The molecule has 0 saturated heterocycles. The van der Waals surface area contributed by atoms with E-state index in [0.717, 1.165) is 11.3 Å². The van der Waals surface area contributed by atoms with Crippen molar-refractivity contribution in [3.8, 4) is 5.75 Å². The molecule has 5 nitrogen and oxygen atoms in total. The number of aryl methyl sites for hydroxylation is 1. The predicted octanol–water partition coefficient (Wildman–Crippen LogP) is 5.48. The summed E-state index contributed by atoms with van der Waals surface area (Å²) in [7, 11) is 1.53. The second-order valence-corrected chi connectivity index (χ2v) is 6.87. The molecule has 0 radical (unpaired) electrons. The van der Waals surface area contributed by atoms with Crippen molar-refractivity contribution in [2.45, 2.75) is 19.9 Å². The summed E-state index contributed by atoms with van der Waals surface area (Å²) in [5.41, 5.74) is 3.73. The molecule has 0 saturated carbocycles. The summed E-state index contributed by atoms with van der Waals surface area (Å²) in [6, 6.07) is 17.2. The molecule has 3 aromatic rings. The second kappa shape index (κ2) is 8.76. The summed E-state index contributed by atoms with van der Waals surface area (Å²) in [6.07, 6.45) is 1.65. The van der Waals surface area contributed by atoms with Gasteiger partial charge in [0, 0.05) is 17.1 Å². The van der Waals surface area contributed by atoms with Crippen LogP contribution in [0.5, 0.6) is 5.75 Å². The van der Waals surface area contributed by atoms with Crippen LogP contribution in [0.4, 0.5) is 11.4 Å². The summed E-state index contributed by atoms with van der Waals surface area (Å²) >= 11 is 6.11. The number of rotatable bonds is 6. The number of amides is 1. The lowest BCUT2D eigenvalue weighted by molar-refractivity contribution is 0.102. The van der Waals surface area contributed by atoms with Crippen LogP contribution < -0.4 is 15.4 Å². The maximum absolute atomic E-state index is 12.6. The van der Waals surface area contributed by atoms with Gasteiger partial charge in [0.05, 0.1) is 24.7 Å². The maximum atomic E-state index is 12.6. The van der Waals surface area contributed by atoms with Gasteiger partial charge in [-0.1, -0.05) is 41.9 Å². The maximum Gasteiger partial charge on any atom is 0.274 e. The molecule has 1 atom stereocenters. The number of carbonyl (C=O) groups excluding carboxylic acids is 1. The molecular formula is C22H22ClN3O2. The lowest BCUT2D eigenvalue weighted by atomic mass is 10.1. The van der Waals surface area contributed by atoms with Crippen molar-refractivity contribution in [2.24, 2.45) is 0 Å². The number of nitrogens with one attached hydrogen (secondary N) is 2. The van der Waals surface area contributed by atoms with Crippen molar-refractivity contribution in [3.05, 3.63) is 82.6 Å². The van der Waals surface area contributed by atoms with Crippen LogP contribution in [0.3, 0.4) is 0 Å². The molecule has 0 fully saturated rings. The van der Waals surface area contributed by atoms with Crippen LogP contribution in [-0.2, 0) is 0 Å². The molecule has 0 bridgehead atoms. The zero-order valence-corrected chi connectivity index (χ0v) is 16.7. The van der Waals surface area contributed by atoms with E-state index < -0.39 is 0 Å². The van der Waals surface area contributed by atoms with E-state index in [9.17, 15) is 4.79 Å². The van der Waals surface area contributed by atoms with Crippen molar-refractivity contribution in [2.75, 3.05) is 17.7 Å². The Morgan fingerprint density at radius 2 is 1.89 bits per heavy atom. The number of nitrogens with zero attached hydrogens (tertiary/aromatic N) is 1. The highest BCUT2D eigenvalue weighted by atomic mass is 35.5. The first-order chi connectivity index (χ1) is 13.5. The number of aromatic nitrogens is 1. The van der Waals surface area contributed by atoms with Crippen LogP contribution in [0.1, 0.15) is 34.6 Å². The standard InChI is InChI=1S/C22H22ClN3O2/c1-14-11-20(21(28-3)12-18(14)23)26-22(27)19-10-9-17(13-24-19)25-15(2)16-7-5-4-6-8-16/h4-13,15,25H,1-3H3,(H,26,27). The number of pyridine rings is 1. The molecule has 28 heavy (non-hydrogen) atoms. The van der Waals surface area contributed by atoms with Gasteiger partial charge in [0.15, 0.2) is 0 Å². The van der Waals surface area contributed by atoms with Crippen molar-refractivity contribution in [3.63, 3.8) is 0 Å². The van der Waals surface area contributed by atoms with Gasteiger partial charge in [-0.15, -0.1) is 0 Å². The van der Waals surface area contributed by atoms with E-state index in [2.05, 4.69) is 34.7 Å². The molecule has 0 aliphatic heterocycles. The van der Waals surface area contributed by atoms with Crippen molar-refractivity contribution in [1.82, 2.24) is 4.98 Å². The van der Waals surface area contributed by atoms with Crippen LogP contribution >= 0.6 is 11.6 Å². The summed E-state index contributed by atoms with van der Waals surface area (Å²) < 4.78 is 5.29. The SMILES string of the molecule is COc1cc(Cl)c(C)cc1NC(=O)c1ccc(NC(C)c2ccccc2)cn1. The lowest BCUT2D eigenvalue weighted by Gasteiger charge is -2.16. The average Bonchev–Trinajstić information content (AvgIpc) is 2.71. The minimum atomic E-state index is -0.317. The van der Waals surface area contributed by atoms with Gasteiger partial charge in [-0.2, -0.15) is 0 Å². The van der Waals surface area contributed by atoms with Crippen molar-refractivity contribution < 1.29 is 9.53 Å². The van der Waals surface area contributed by atoms with Gasteiger partial charge in [0.1, 0.15) is 11.4 Å². The predicted molar refractivity (Wildman–Crippen MR) is 113 cm³/mol. The van der Waals surface area contributed by atoms with Gasteiger partial charge in [0.25, 0.3) is 5.91 Å². The quantitative estimate of drug-likeness (QED) is 0.580. The first kappa shape index (κ1) is 19.7. The molecule has 1 unspecified atom stereocenters. The fourth-order valence-electron chi connectivity index (χ4n) is 2.80. The number of carbonyl (C=O) groups is 1. The molecule has 3 rings (SSSR count). The summed E-state index contributed by atoms with van der Waals surface area (Å²) in [4.78, 5) is 16.8. The van der Waals surface area contributed by atoms with Crippen LogP contribution in [0.25, 0.3) is 0 Å². The molecule has 0 spiro atoms. The summed E-state index contributed by atoms with van der Waals surface area (Å²) in [5.74, 6) is 0.182. The number of halogens is 1. The Balaban J connectivity index is 1.70. The van der Waals surface area contributed by atoms with Gasteiger partial charge >= 0.3 is 0 Å². The lowest BCUT2D eigenvalue weighted by Crippen LogP contribution is -2.15. The topological polar surface area (TPSA) is 63.2 Å². The van der Waals surface area contributed by atoms with Crippen molar-refractivity contribution >= 4 is 28.9 Å². The van der Waals surface area contributed by atoms with Gasteiger partial charge in [-0.25, -0.2) is 4.98 Å². The molecule has 0 aliphatic rings. The first-order valence-electron chi connectivity index (χ1n) is 8.91. The van der Waals surface area contributed by atoms with E-state index in [1.807, 2.05) is 31.2 Å². The molecule has 144 valence electrons. The highest BCUT2D eigenvalue weighted by molar-refractivity contribution is 6.31. The molecule has 1 heterocycles. The largest absolute Gasteiger partial charge is 0.495 e. The van der Waals surface area contributed by atoms with Gasteiger partial charge < -0.3 is 15.4 Å². The Bertz CT molecular complexity index is 960. The molecule has 0 aliphatic carbocycles. The average molecular weight is 396 g/mol. The summed E-state index contributed by atoms with van der Waals surface area (Å²) in [6.45, 7) is 3.94. The zero-order valence-electron chi connectivity index (χ0n) is 16.0. The smallest absolute Gasteiger partial charge is 0.274 e. The third kappa shape index (κ3) is 4.61.